The van der Waals surface area contributed by atoms with Crippen molar-refractivity contribution >= 4 is 33.3 Å². The van der Waals surface area contributed by atoms with E-state index in [4.69, 9.17) is 4.52 Å². The molecule has 2 heterocycles. The van der Waals surface area contributed by atoms with Gasteiger partial charge in [-0.3, -0.25) is 0 Å². The monoisotopic (exact) mass is 317 g/mol. The first-order chi connectivity index (χ1) is 9.35. The molecule has 8 nitrogen and oxygen atoms in total. The maximum atomic E-state index is 12.3. The van der Waals surface area contributed by atoms with Crippen LogP contribution < -0.4 is 4.72 Å². The molecule has 108 valence electrons. The quantitative estimate of drug-likeness (QED) is 0.847. The van der Waals surface area contributed by atoms with E-state index in [1.54, 1.807) is 19.2 Å². The highest BCUT2D eigenvalue weighted by molar-refractivity contribution is 7.93. The average Bonchev–Trinajstić information content (AvgIpc) is 2.94. The number of carbonyl (C=O) groups is 1. The summed E-state index contributed by atoms with van der Waals surface area (Å²) in [5.74, 6) is -0.428. The first kappa shape index (κ1) is 14.5. The van der Waals surface area contributed by atoms with Gasteiger partial charge in [-0.15, -0.1) is 11.3 Å². The van der Waals surface area contributed by atoms with E-state index in [0.29, 0.717) is 5.56 Å². The van der Waals surface area contributed by atoms with E-state index in [9.17, 15) is 13.2 Å². The van der Waals surface area contributed by atoms with Crippen LogP contribution in [0.25, 0.3) is 0 Å². The third-order valence-corrected chi connectivity index (χ3v) is 5.02. The van der Waals surface area contributed by atoms with Crippen LogP contribution in [0.4, 0.5) is 6.01 Å². The number of rotatable bonds is 4. The molecule has 0 aliphatic carbocycles. The molecule has 10 heteroatoms. The number of aromatic nitrogens is 2. The van der Waals surface area contributed by atoms with Gasteiger partial charge in [-0.2, -0.15) is 4.98 Å². The molecule has 2 aromatic heterocycles. The molecule has 0 saturated heterocycles. The lowest BCUT2D eigenvalue weighted by Crippen LogP contribution is -2.17. The first-order valence-corrected chi connectivity index (χ1v) is 7.71. The van der Waals surface area contributed by atoms with Gasteiger partial charge in [0, 0.05) is 0 Å². The molecule has 0 bridgehead atoms. The number of ether oxygens (including phenoxy) is 1. The minimum absolute atomic E-state index is 0.00580. The van der Waals surface area contributed by atoms with E-state index >= 15 is 0 Å². The van der Waals surface area contributed by atoms with Crippen molar-refractivity contribution in [1.82, 2.24) is 10.1 Å². The lowest BCUT2D eigenvalue weighted by molar-refractivity contribution is 0.0602. The molecule has 0 spiro atoms. The van der Waals surface area contributed by atoms with Gasteiger partial charge in [0.2, 0.25) is 0 Å². The van der Waals surface area contributed by atoms with Crippen LogP contribution in [0.3, 0.4) is 0 Å². The maximum absolute atomic E-state index is 12.3. The molecule has 0 fully saturated rings. The van der Waals surface area contributed by atoms with Crippen LogP contribution in [0.5, 0.6) is 0 Å². The topological polar surface area (TPSA) is 111 Å². The lowest BCUT2D eigenvalue weighted by Gasteiger charge is -2.05. The fraction of sp³-hybridized carbons (Fsp3) is 0.300. The van der Waals surface area contributed by atoms with E-state index in [-0.39, 0.29) is 21.6 Å². The second-order valence-electron chi connectivity index (χ2n) is 3.82. The Kier molecular flexibility index (Phi) is 3.77. The second kappa shape index (κ2) is 5.21. The molecule has 2 rings (SSSR count). The fourth-order valence-corrected chi connectivity index (χ4v) is 4.14. The minimum atomic E-state index is -4.01. The summed E-state index contributed by atoms with van der Waals surface area (Å²) in [5.41, 5.74) is 0.430. The van der Waals surface area contributed by atoms with E-state index in [0.717, 1.165) is 11.3 Å². The first-order valence-electron chi connectivity index (χ1n) is 5.34. The van der Waals surface area contributed by atoms with Gasteiger partial charge in [0.05, 0.1) is 7.11 Å². The molecule has 2 aromatic rings. The third-order valence-electron chi connectivity index (χ3n) is 2.31. The summed E-state index contributed by atoms with van der Waals surface area (Å²) in [4.78, 5) is 15.2. The molecule has 0 aliphatic heterocycles. The van der Waals surface area contributed by atoms with Crippen LogP contribution in [-0.2, 0) is 14.8 Å². The fourth-order valence-electron chi connectivity index (χ4n) is 1.51. The average molecular weight is 317 g/mol. The number of methoxy groups -OCH3 is 1. The van der Waals surface area contributed by atoms with Crippen LogP contribution in [0.1, 0.15) is 21.1 Å². The Labute approximate surface area is 118 Å². The summed E-state index contributed by atoms with van der Waals surface area (Å²) in [5, 5.41) is 5.03. The lowest BCUT2D eigenvalue weighted by atomic mass is 10.3. The summed E-state index contributed by atoms with van der Waals surface area (Å²) in [6.07, 6.45) is 0. The van der Waals surface area contributed by atoms with Gasteiger partial charge in [0.1, 0.15) is 9.77 Å². The van der Waals surface area contributed by atoms with E-state index in [1.807, 2.05) is 0 Å². The zero-order valence-electron chi connectivity index (χ0n) is 10.8. The van der Waals surface area contributed by atoms with Gasteiger partial charge in [-0.1, -0.05) is 5.16 Å². The summed E-state index contributed by atoms with van der Waals surface area (Å²) in [7, 11) is -2.83. The number of esters is 1. The van der Waals surface area contributed by atoms with Gasteiger partial charge in [-0.25, -0.2) is 17.9 Å². The highest BCUT2D eigenvalue weighted by Gasteiger charge is 2.28. The highest BCUT2D eigenvalue weighted by Crippen LogP contribution is 2.28. The molecule has 0 amide bonds. The van der Waals surface area contributed by atoms with Crippen molar-refractivity contribution in [3.8, 4) is 0 Å². The van der Waals surface area contributed by atoms with Crippen LogP contribution in [0, 0.1) is 13.8 Å². The zero-order valence-corrected chi connectivity index (χ0v) is 12.5. The number of carbonyl (C=O) groups excluding carboxylic acids is 1. The number of hydrogen-bond donors (Lipinski definition) is 1. The SMILES string of the molecule is COC(=O)c1scc(C)c1S(=O)(=O)Nc1nc(C)no1. The van der Waals surface area contributed by atoms with Crippen molar-refractivity contribution in [2.24, 2.45) is 0 Å². The zero-order chi connectivity index (χ0) is 14.9. The van der Waals surface area contributed by atoms with Crippen molar-refractivity contribution in [1.29, 1.82) is 0 Å². The molecule has 1 N–H and O–H groups in total. The summed E-state index contributed by atoms with van der Waals surface area (Å²) >= 11 is 0.991. The van der Waals surface area contributed by atoms with Crippen molar-refractivity contribution < 1.29 is 22.5 Å². The molecular weight excluding hydrogens is 306 g/mol. The Bertz CT molecular complexity index is 747. The molecule has 0 aliphatic rings. The number of nitrogens with zero attached hydrogens (tertiary/aromatic N) is 2. The van der Waals surface area contributed by atoms with E-state index in [2.05, 4.69) is 19.6 Å². The molecule has 0 aromatic carbocycles. The van der Waals surface area contributed by atoms with Crippen LogP contribution in [0.2, 0.25) is 0 Å². The smallest absolute Gasteiger partial charge is 0.349 e. The number of thiophene rings is 1. The van der Waals surface area contributed by atoms with Crippen molar-refractivity contribution in [3.63, 3.8) is 0 Å². The molecule has 0 unspecified atom stereocenters. The minimum Gasteiger partial charge on any atom is -0.465 e. The third kappa shape index (κ3) is 2.65. The summed E-state index contributed by atoms with van der Waals surface area (Å²) < 4.78 is 36.0. The molecule has 20 heavy (non-hydrogen) atoms. The Hall–Kier alpha value is -1.94. The maximum Gasteiger partial charge on any atom is 0.349 e. The normalized spacial score (nSPS) is 11.3. The van der Waals surface area contributed by atoms with E-state index in [1.165, 1.54) is 7.11 Å². The van der Waals surface area contributed by atoms with Crippen molar-refractivity contribution in [3.05, 3.63) is 21.6 Å². The predicted molar refractivity (Wildman–Crippen MR) is 70.2 cm³/mol. The number of sulfonamides is 1. The number of aryl methyl sites for hydroxylation is 2. The number of nitrogens with one attached hydrogen (secondary N) is 1. The van der Waals surface area contributed by atoms with Gasteiger partial charge in [0.25, 0.3) is 10.0 Å². The van der Waals surface area contributed by atoms with Gasteiger partial charge in [0.15, 0.2) is 5.82 Å². The van der Waals surface area contributed by atoms with Gasteiger partial charge < -0.3 is 9.26 Å². The highest BCUT2D eigenvalue weighted by atomic mass is 32.2. The predicted octanol–water partition coefficient (Wildman–Crippen LogP) is 1.34. The number of hydrogen-bond acceptors (Lipinski definition) is 8. The van der Waals surface area contributed by atoms with Gasteiger partial charge in [-0.05, 0) is 24.8 Å². The van der Waals surface area contributed by atoms with Crippen LogP contribution in [-0.4, -0.2) is 31.6 Å². The Morgan fingerprint density at radius 3 is 2.70 bits per heavy atom. The molecule has 0 saturated carbocycles. The molecule has 0 atom stereocenters. The Morgan fingerprint density at radius 2 is 2.15 bits per heavy atom. The van der Waals surface area contributed by atoms with Crippen molar-refractivity contribution in [2.75, 3.05) is 11.8 Å². The molecular formula is C10H11N3O5S2. The van der Waals surface area contributed by atoms with Crippen LogP contribution >= 0.6 is 11.3 Å². The van der Waals surface area contributed by atoms with Crippen LogP contribution in [0.15, 0.2) is 14.8 Å². The van der Waals surface area contributed by atoms with E-state index < -0.39 is 16.0 Å². The number of anilines is 1. The summed E-state index contributed by atoms with van der Waals surface area (Å²) in [6, 6.07) is -0.260. The van der Waals surface area contributed by atoms with Gasteiger partial charge >= 0.3 is 12.0 Å². The van der Waals surface area contributed by atoms with Crippen molar-refractivity contribution in [2.45, 2.75) is 18.7 Å². The Balaban J connectivity index is 2.44. The second-order valence-corrected chi connectivity index (χ2v) is 6.32. The largest absolute Gasteiger partial charge is 0.465 e. The molecule has 0 radical (unpaired) electrons. The Morgan fingerprint density at radius 1 is 1.45 bits per heavy atom. The summed E-state index contributed by atoms with van der Waals surface area (Å²) in [6.45, 7) is 3.13. The standard InChI is InChI=1S/C10H11N3O5S2/c1-5-4-19-7(9(14)17-3)8(5)20(15,16)13-10-11-6(2)12-18-10/h4H,1-3H3,(H,11,12,13).